The van der Waals surface area contributed by atoms with Gasteiger partial charge in [0.05, 0.1) is 25.2 Å². The van der Waals surface area contributed by atoms with Gasteiger partial charge in [-0.2, -0.15) is 0 Å². The summed E-state index contributed by atoms with van der Waals surface area (Å²) in [6.07, 6.45) is 53.1. The SMILES string of the molecule is CCCCC/C=C/C=C/C=C/C=C/CCCCCCCC(=O)OC(CCCCCCCCCCCC)CC(=O)NC(CO)C(O)CCCCCCCCCCCC. The molecule has 0 aliphatic heterocycles. The summed E-state index contributed by atoms with van der Waals surface area (Å²) in [6, 6.07) is -0.703. The lowest BCUT2D eigenvalue weighted by Gasteiger charge is -2.24. The van der Waals surface area contributed by atoms with E-state index in [2.05, 4.69) is 74.7 Å². The predicted molar refractivity (Wildman–Crippen MR) is 245 cm³/mol. The van der Waals surface area contributed by atoms with E-state index in [1.54, 1.807) is 0 Å². The Morgan fingerprint density at radius 2 is 0.895 bits per heavy atom. The van der Waals surface area contributed by atoms with Crippen LogP contribution in [-0.2, 0) is 14.3 Å². The van der Waals surface area contributed by atoms with Crippen LogP contribution in [0.2, 0.25) is 0 Å². The summed E-state index contributed by atoms with van der Waals surface area (Å²) in [5.41, 5.74) is 0. The lowest BCUT2D eigenvalue weighted by atomic mass is 10.0. The fourth-order valence-electron chi connectivity index (χ4n) is 7.27. The van der Waals surface area contributed by atoms with Crippen molar-refractivity contribution in [2.75, 3.05) is 6.61 Å². The molecule has 0 aliphatic carbocycles. The number of unbranched alkanes of at least 4 members (excludes halogenated alkanes) is 26. The molecule has 6 nitrogen and oxygen atoms in total. The molecule has 57 heavy (non-hydrogen) atoms. The minimum absolute atomic E-state index is 0.0693. The van der Waals surface area contributed by atoms with Crippen LogP contribution in [0.5, 0.6) is 0 Å². The smallest absolute Gasteiger partial charge is 0.306 e. The van der Waals surface area contributed by atoms with Crippen LogP contribution in [0.15, 0.2) is 48.6 Å². The molecular formula is C51H93NO5. The van der Waals surface area contributed by atoms with E-state index in [1.807, 2.05) is 0 Å². The fraction of sp³-hybridized carbons (Fsp3) is 0.804. The minimum atomic E-state index is -0.788. The molecule has 6 heteroatoms. The Morgan fingerprint density at radius 3 is 1.39 bits per heavy atom. The minimum Gasteiger partial charge on any atom is -0.462 e. The standard InChI is InChI=1S/C51H93NO5/c1-4-7-10-13-16-19-22-23-24-25-26-27-28-29-32-35-38-41-44-51(56)57-47(42-39-36-33-30-20-17-14-11-8-5-2)45-50(55)52-48(46-53)49(54)43-40-37-34-31-21-18-15-12-9-6-3/h16,19,22-27,47-49,53-54H,4-15,17-18,20-21,28-46H2,1-3H3,(H,52,55)/b19-16+,23-22+,25-24+,27-26+. The molecular weight excluding hydrogens is 707 g/mol. The number of aliphatic hydroxyl groups is 2. The number of hydrogen-bond acceptors (Lipinski definition) is 5. The monoisotopic (exact) mass is 800 g/mol. The number of nitrogens with one attached hydrogen (secondary N) is 1. The van der Waals surface area contributed by atoms with Crippen LogP contribution in [0.25, 0.3) is 0 Å². The zero-order valence-electron chi connectivity index (χ0n) is 37.7. The van der Waals surface area contributed by atoms with Crippen molar-refractivity contribution >= 4 is 11.9 Å². The van der Waals surface area contributed by atoms with Gasteiger partial charge in [-0.15, -0.1) is 0 Å². The average molecular weight is 800 g/mol. The van der Waals surface area contributed by atoms with Crippen LogP contribution in [0.1, 0.15) is 239 Å². The number of carbonyl (C=O) groups is 2. The highest BCUT2D eigenvalue weighted by Gasteiger charge is 2.24. The van der Waals surface area contributed by atoms with Crippen LogP contribution in [0.4, 0.5) is 0 Å². The Balaban J connectivity index is 4.56. The van der Waals surface area contributed by atoms with Crippen molar-refractivity contribution in [3.05, 3.63) is 48.6 Å². The zero-order valence-corrected chi connectivity index (χ0v) is 37.7. The van der Waals surface area contributed by atoms with E-state index in [4.69, 9.17) is 4.74 Å². The largest absolute Gasteiger partial charge is 0.462 e. The van der Waals surface area contributed by atoms with Crippen molar-refractivity contribution in [1.29, 1.82) is 0 Å². The number of amides is 1. The molecule has 1 amide bonds. The first-order chi connectivity index (χ1) is 28.0. The lowest BCUT2D eigenvalue weighted by molar-refractivity contribution is -0.151. The van der Waals surface area contributed by atoms with E-state index in [-0.39, 0.29) is 24.9 Å². The zero-order chi connectivity index (χ0) is 41.7. The molecule has 0 saturated carbocycles. The lowest BCUT2D eigenvalue weighted by Crippen LogP contribution is -2.46. The van der Waals surface area contributed by atoms with Crippen LogP contribution in [0.3, 0.4) is 0 Å². The predicted octanol–water partition coefficient (Wildman–Crippen LogP) is 14.3. The summed E-state index contributed by atoms with van der Waals surface area (Å²) >= 11 is 0. The summed E-state index contributed by atoms with van der Waals surface area (Å²) < 4.78 is 5.90. The quantitative estimate of drug-likeness (QED) is 0.0324. The molecule has 3 atom stereocenters. The van der Waals surface area contributed by atoms with Gasteiger partial charge in [0.25, 0.3) is 0 Å². The van der Waals surface area contributed by atoms with Gasteiger partial charge in [-0.25, -0.2) is 0 Å². The maximum atomic E-state index is 13.1. The second-order valence-electron chi connectivity index (χ2n) is 16.6. The average Bonchev–Trinajstić information content (AvgIpc) is 3.20. The number of aliphatic hydroxyl groups excluding tert-OH is 2. The third-order valence-corrected chi connectivity index (χ3v) is 11.0. The summed E-state index contributed by atoms with van der Waals surface area (Å²) in [7, 11) is 0. The number of hydrogen-bond donors (Lipinski definition) is 3. The van der Waals surface area contributed by atoms with Crippen molar-refractivity contribution in [2.45, 2.75) is 257 Å². The fourth-order valence-corrected chi connectivity index (χ4v) is 7.27. The third-order valence-electron chi connectivity index (χ3n) is 11.0. The molecule has 0 heterocycles. The molecule has 0 spiro atoms. The second-order valence-corrected chi connectivity index (χ2v) is 16.6. The van der Waals surface area contributed by atoms with E-state index in [1.165, 1.54) is 116 Å². The normalized spacial score (nSPS) is 13.7. The highest BCUT2D eigenvalue weighted by atomic mass is 16.5. The number of rotatable bonds is 43. The van der Waals surface area contributed by atoms with E-state index in [9.17, 15) is 19.8 Å². The summed E-state index contributed by atoms with van der Waals surface area (Å²) in [4.78, 5) is 26.0. The summed E-state index contributed by atoms with van der Waals surface area (Å²) in [5, 5.41) is 23.6. The molecule has 0 aromatic carbocycles. The molecule has 0 aliphatic rings. The number of esters is 1. The van der Waals surface area contributed by atoms with Crippen molar-refractivity contribution in [3.8, 4) is 0 Å². The molecule has 3 N–H and O–H groups in total. The Hall–Kier alpha value is -2.18. The van der Waals surface area contributed by atoms with Crippen LogP contribution < -0.4 is 5.32 Å². The van der Waals surface area contributed by atoms with Gasteiger partial charge in [-0.1, -0.05) is 223 Å². The van der Waals surface area contributed by atoms with E-state index >= 15 is 0 Å². The van der Waals surface area contributed by atoms with Gasteiger partial charge in [0.1, 0.15) is 6.10 Å². The van der Waals surface area contributed by atoms with Gasteiger partial charge in [-0.05, 0) is 51.4 Å². The van der Waals surface area contributed by atoms with Crippen LogP contribution in [-0.4, -0.2) is 46.9 Å². The van der Waals surface area contributed by atoms with E-state index in [0.717, 1.165) is 77.0 Å². The Labute approximate surface area is 353 Å². The molecule has 0 rings (SSSR count). The first-order valence-electron chi connectivity index (χ1n) is 24.4. The van der Waals surface area contributed by atoms with Gasteiger partial charge < -0.3 is 20.3 Å². The molecule has 0 radical (unpaired) electrons. The topological polar surface area (TPSA) is 95.9 Å². The summed E-state index contributed by atoms with van der Waals surface area (Å²) in [5.74, 6) is -0.497. The van der Waals surface area contributed by atoms with Gasteiger partial charge in [0.15, 0.2) is 0 Å². The Morgan fingerprint density at radius 1 is 0.509 bits per heavy atom. The number of ether oxygens (including phenoxy) is 1. The maximum absolute atomic E-state index is 13.1. The molecule has 0 aromatic rings. The highest BCUT2D eigenvalue weighted by Crippen LogP contribution is 2.18. The highest BCUT2D eigenvalue weighted by molar-refractivity contribution is 5.77. The van der Waals surface area contributed by atoms with Gasteiger partial charge in [0.2, 0.25) is 5.91 Å². The number of carbonyl (C=O) groups excluding carboxylic acids is 2. The first-order valence-corrected chi connectivity index (χ1v) is 24.4. The van der Waals surface area contributed by atoms with Crippen LogP contribution in [0, 0.1) is 0 Å². The molecule has 0 aromatic heterocycles. The summed E-state index contributed by atoms with van der Waals surface area (Å²) in [6.45, 7) is 6.41. The molecule has 332 valence electrons. The molecule has 3 unspecified atom stereocenters. The van der Waals surface area contributed by atoms with Gasteiger partial charge in [-0.3, -0.25) is 9.59 Å². The first kappa shape index (κ1) is 54.8. The van der Waals surface area contributed by atoms with Crippen molar-refractivity contribution in [3.63, 3.8) is 0 Å². The Bertz CT molecular complexity index is 988. The molecule has 0 fully saturated rings. The van der Waals surface area contributed by atoms with Crippen molar-refractivity contribution < 1.29 is 24.5 Å². The van der Waals surface area contributed by atoms with Crippen molar-refractivity contribution in [2.24, 2.45) is 0 Å². The van der Waals surface area contributed by atoms with E-state index in [0.29, 0.717) is 19.3 Å². The van der Waals surface area contributed by atoms with Gasteiger partial charge in [0, 0.05) is 6.42 Å². The second kappa shape index (κ2) is 44.9. The Kier molecular flexibility index (Phi) is 43.2. The molecule has 0 bridgehead atoms. The maximum Gasteiger partial charge on any atom is 0.306 e. The third kappa shape index (κ3) is 40.4. The number of allylic oxidation sites excluding steroid dienone is 8. The van der Waals surface area contributed by atoms with Crippen LogP contribution >= 0.6 is 0 Å². The molecule has 0 saturated heterocycles. The van der Waals surface area contributed by atoms with Crippen molar-refractivity contribution in [1.82, 2.24) is 5.32 Å². The van der Waals surface area contributed by atoms with E-state index < -0.39 is 18.2 Å². The van der Waals surface area contributed by atoms with Gasteiger partial charge >= 0.3 is 5.97 Å².